The molecule has 5 atom stereocenters. The molecule has 1 aliphatic rings. The summed E-state index contributed by atoms with van der Waals surface area (Å²) in [5, 5.41) is 41.6. The van der Waals surface area contributed by atoms with Crippen LogP contribution in [-0.4, -0.2) is 71.3 Å². The van der Waals surface area contributed by atoms with Gasteiger partial charge in [0, 0.05) is 17.2 Å². The summed E-state index contributed by atoms with van der Waals surface area (Å²) in [5.41, 5.74) is 3.01. The van der Waals surface area contributed by atoms with Gasteiger partial charge in [0.1, 0.15) is 42.9 Å². The molecule has 1 aliphatic heterocycles. The van der Waals surface area contributed by atoms with Gasteiger partial charge in [0.05, 0.1) is 13.2 Å². The maximum Gasteiger partial charge on any atom is 0.119 e. The molecule has 7 nitrogen and oxygen atoms in total. The van der Waals surface area contributed by atoms with E-state index in [2.05, 4.69) is 11.8 Å². The second kappa shape index (κ2) is 13.2. The summed E-state index contributed by atoms with van der Waals surface area (Å²) < 4.78 is 16.9. The smallest absolute Gasteiger partial charge is 0.119 e. The van der Waals surface area contributed by atoms with Gasteiger partial charge in [-0.3, -0.25) is 0 Å². The summed E-state index contributed by atoms with van der Waals surface area (Å²) in [6, 6.07) is 11.2. The molecule has 35 heavy (non-hydrogen) atoms. The van der Waals surface area contributed by atoms with E-state index >= 15 is 0 Å². The van der Waals surface area contributed by atoms with E-state index in [4.69, 9.17) is 25.8 Å². The van der Waals surface area contributed by atoms with Crippen molar-refractivity contribution >= 4 is 11.6 Å². The molecule has 1 saturated heterocycles. The molecule has 3 rings (SSSR count). The highest BCUT2D eigenvalue weighted by Crippen LogP contribution is 2.39. The molecule has 0 radical (unpaired) electrons. The molecule has 8 heteroatoms. The Morgan fingerprint density at radius 1 is 1.06 bits per heavy atom. The van der Waals surface area contributed by atoms with Gasteiger partial charge in [-0.25, -0.2) is 0 Å². The van der Waals surface area contributed by atoms with Crippen LogP contribution in [0.25, 0.3) is 11.1 Å². The lowest BCUT2D eigenvalue weighted by Gasteiger charge is -2.41. The SMILES string of the molecule is CC#CCOCCCc1cc(Cl)c(-c2ccc(OCC)cc2)cc1[C@@H]1O[C@H](CO)[C@@H](O)[C@H](O)[C@H]1O. The fourth-order valence-corrected chi connectivity index (χ4v) is 4.45. The number of halogens is 1. The average molecular weight is 505 g/mol. The standard InChI is InChI=1S/C27H33ClO7/c1-3-5-12-33-13-6-7-18-14-22(28)20(17-8-10-19(11-9-17)34-4-2)15-21(18)27-26(32)25(31)24(30)23(16-29)35-27/h8-11,14-15,23-27,29-32H,4,6-7,12-13,16H2,1-2H3/t23-,24-,25+,26-,27+/m1/s1. The predicted octanol–water partition coefficient (Wildman–Crippen LogP) is 2.89. The lowest BCUT2D eigenvalue weighted by molar-refractivity contribution is -0.231. The molecule has 1 fully saturated rings. The summed E-state index contributed by atoms with van der Waals surface area (Å²) in [4.78, 5) is 0. The highest BCUT2D eigenvalue weighted by molar-refractivity contribution is 6.33. The molecule has 1 heterocycles. The first kappa shape index (κ1) is 27.4. The monoisotopic (exact) mass is 504 g/mol. The van der Waals surface area contributed by atoms with E-state index in [1.807, 2.05) is 43.3 Å². The largest absolute Gasteiger partial charge is 0.494 e. The first-order valence-electron chi connectivity index (χ1n) is 11.7. The van der Waals surface area contributed by atoms with E-state index < -0.39 is 37.1 Å². The Hall–Kier alpha value is -2.15. The molecule has 0 bridgehead atoms. The predicted molar refractivity (Wildman–Crippen MR) is 133 cm³/mol. The summed E-state index contributed by atoms with van der Waals surface area (Å²) in [6.07, 6.45) is -5.02. The molecule has 0 spiro atoms. The minimum atomic E-state index is -1.47. The number of aryl methyl sites for hydroxylation is 1. The lowest BCUT2D eigenvalue weighted by Crippen LogP contribution is -2.55. The van der Waals surface area contributed by atoms with Crippen molar-refractivity contribution in [2.45, 2.75) is 57.2 Å². The van der Waals surface area contributed by atoms with E-state index in [9.17, 15) is 20.4 Å². The Morgan fingerprint density at radius 3 is 2.46 bits per heavy atom. The van der Waals surface area contributed by atoms with E-state index in [-0.39, 0.29) is 0 Å². The van der Waals surface area contributed by atoms with Crippen LogP contribution in [0.2, 0.25) is 5.02 Å². The molecular weight excluding hydrogens is 472 g/mol. The summed E-state index contributed by atoms with van der Waals surface area (Å²) in [7, 11) is 0. The first-order chi connectivity index (χ1) is 16.9. The van der Waals surface area contributed by atoms with Gasteiger partial charge in [-0.1, -0.05) is 29.7 Å². The van der Waals surface area contributed by atoms with Crippen LogP contribution < -0.4 is 4.74 Å². The number of aliphatic hydroxyl groups is 4. The number of ether oxygens (including phenoxy) is 3. The molecule has 4 N–H and O–H groups in total. The van der Waals surface area contributed by atoms with Crippen LogP contribution in [0.5, 0.6) is 5.75 Å². The molecule has 0 aromatic heterocycles. The zero-order valence-electron chi connectivity index (χ0n) is 20.0. The normalized spacial score (nSPS) is 24.0. The maximum absolute atomic E-state index is 10.8. The summed E-state index contributed by atoms with van der Waals surface area (Å²) >= 11 is 6.69. The van der Waals surface area contributed by atoms with Gasteiger partial charge < -0.3 is 34.6 Å². The van der Waals surface area contributed by atoms with Gasteiger partial charge in [0.15, 0.2) is 0 Å². The van der Waals surface area contributed by atoms with E-state index in [0.717, 1.165) is 22.4 Å². The van der Waals surface area contributed by atoms with Crippen molar-refractivity contribution in [3.63, 3.8) is 0 Å². The zero-order valence-corrected chi connectivity index (χ0v) is 20.7. The number of benzene rings is 2. The Kier molecular flexibility index (Phi) is 10.4. The highest BCUT2D eigenvalue weighted by Gasteiger charge is 2.44. The van der Waals surface area contributed by atoms with Crippen LogP contribution >= 0.6 is 11.6 Å². The Labute approximate surface area is 211 Å². The molecular formula is C27H33ClO7. The van der Waals surface area contributed by atoms with Gasteiger partial charge in [0.2, 0.25) is 0 Å². The third-order valence-corrected chi connectivity index (χ3v) is 6.30. The van der Waals surface area contributed by atoms with Crippen molar-refractivity contribution < 1.29 is 34.6 Å². The Balaban J connectivity index is 1.96. The first-order valence-corrected chi connectivity index (χ1v) is 12.1. The number of hydrogen-bond donors (Lipinski definition) is 4. The van der Waals surface area contributed by atoms with Crippen molar-refractivity contribution in [3.05, 3.63) is 52.5 Å². The fourth-order valence-electron chi connectivity index (χ4n) is 4.15. The number of rotatable bonds is 10. The van der Waals surface area contributed by atoms with Crippen LogP contribution in [0, 0.1) is 11.8 Å². The quantitative estimate of drug-likeness (QED) is 0.291. The van der Waals surface area contributed by atoms with Crippen molar-refractivity contribution in [1.29, 1.82) is 0 Å². The average Bonchev–Trinajstić information content (AvgIpc) is 2.86. The van der Waals surface area contributed by atoms with Crippen molar-refractivity contribution in [3.8, 4) is 28.7 Å². The van der Waals surface area contributed by atoms with Crippen molar-refractivity contribution in [2.75, 3.05) is 26.4 Å². The van der Waals surface area contributed by atoms with Gasteiger partial charge in [-0.2, -0.15) is 0 Å². The third kappa shape index (κ3) is 6.75. The Bertz CT molecular complexity index is 1010. The molecule has 0 amide bonds. The van der Waals surface area contributed by atoms with Crippen molar-refractivity contribution in [2.24, 2.45) is 0 Å². The second-order valence-corrected chi connectivity index (χ2v) is 8.73. The topological polar surface area (TPSA) is 109 Å². The second-order valence-electron chi connectivity index (χ2n) is 8.32. The van der Waals surface area contributed by atoms with Crippen LogP contribution in [0.15, 0.2) is 36.4 Å². The minimum absolute atomic E-state index is 0.355. The van der Waals surface area contributed by atoms with Gasteiger partial charge in [-0.05, 0) is 67.6 Å². The number of aliphatic hydroxyl groups excluding tert-OH is 4. The fraction of sp³-hybridized carbons (Fsp3) is 0.481. The highest BCUT2D eigenvalue weighted by atomic mass is 35.5. The van der Waals surface area contributed by atoms with E-state index in [1.54, 1.807) is 6.92 Å². The zero-order chi connectivity index (χ0) is 25.4. The molecule has 2 aromatic carbocycles. The van der Waals surface area contributed by atoms with Gasteiger partial charge in [-0.15, -0.1) is 5.92 Å². The van der Waals surface area contributed by atoms with Crippen LogP contribution in [-0.2, 0) is 15.9 Å². The summed E-state index contributed by atoms with van der Waals surface area (Å²) in [5.74, 6) is 6.37. The van der Waals surface area contributed by atoms with Crippen LogP contribution in [0.3, 0.4) is 0 Å². The van der Waals surface area contributed by atoms with Crippen LogP contribution in [0.4, 0.5) is 0 Å². The van der Waals surface area contributed by atoms with Gasteiger partial charge >= 0.3 is 0 Å². The molecule has 190 valence electrons. The molecule has 0 aliphatic carbocycles. The summed E-state index contributed by atoms with van der Waals surface area (Å²) in [6.45, 7) is 4.57. The molecule has 2 aromatic rings. The minimum Gasteiger partial charge on any atom is -0.494 e. The van der Waals surface area contributed by atoms with Crippen molar-refractivity contribution in [1.82, 2.24) is 0 Å². The lowest BCUT2D eigenvalue weighted by atomic mass is 9.86. The maximum atomic E-state index is 10.8. The third-order valence-electron chi connectivity index (χ3n) is 5.99. The van der Waals surface area contributed by atoms with Crippen LogP contribution in [0.1, 0.15) is 37.5 Å². The van der Waals surface area contributed by atoms with E-state index in [1.165, 1.54) is 0 Å². The van der Waals surface area contributed by atoms with Gasteiger partial charge in [0.25, 0.3) is 0 Å². The molecule has 0 unspecified atom stereocenters. The number of hydrogen-bond acceptors (Lipinski definition) is 7. The Morgan fingerprint density at radius 2 is 1.80 bits per heavy atom. The van der Waals surface area contributed by atoms with E-state index in [0.29, 0.717) is 43.2 Å². The molecule has 0 saturated carbocycles.